The van der Waals surface area contributed by atoms with Crippen molar-refractivity contribution in [2.75, 3.05) is 0 Å². The molecule has 1 aliphatic carbocycles. The minimum atomic E-state index is -0.416. The van der Waals surface area contributed by atoms with Gasteiger partial charge in [-0.2, -0.15) is 0 Å². The summed E-state index contributed by atoms with van der Waals surface area (Å²) >= 11 is 0. The maximum absolute atomic E-state index is 12.6. The summed E-state index contributed by atoms with van der Waals surface area (Å²) in [6, 6.07) is 16.2. The summed E-state index contributed by atoms with van der Waals surface area (Å²) in [6.45, 7) is 2.19. The van der Waals surface area contributed by atoms with Crippen molar-refractivity contribution < 1.29 is 13.9 Å². The summed E-state index contributed by atoms with van der Waals surface area (Å²) in [6.07, 6.45) is 4.11. The van der Waals surface area contributed by atoms with Gasteiger partial charge in [0.1, 0.15) is 11.7 Å². The molecule has 0 unspecified atom stereocenters. The number of rotatable bonds is 3. The van der Waals surface area contributed by atoms with Gasteiger partial charge in [0.15, 0.2) is 0 Å². The van der Waals surface area contributed by atoms with E-state index < -0.39 is 5.63 Å². The topological polar surface area (TPSA) is 56.5 Å². The second-order valence-electron chi connectivity index (χ2n) is 7.37. The molecule has 0 aliphatic heterocycles. The van der Waals surface area contributed by atoms with Crippen molar-refractivity contribution in [2.24, 2.45) is 5.92 Å². The van der Waals surface area contributed by atoms with Gasteiger partial charge in [0, 0.05) is 5.39 Å². The molecule has 0 N–H and O–H groups in total. The average Bonchev–Trinajstić information content (AvgIpc) is 2.67. The molecule has 4 rings (SSSR count). The molecule has 27 heavy (non-hydrogen) atoms. The van der Waals surface area contributed by atoms with E-state index in [1.807, 2.05) is 18.2 Å². The highest BCUT2D eigenvalue weighted by atomic mass is 16.5. The van der Waals surface area contributed by atoms with E-state index in [1.54, 1.807) is 36.4 Å². The molecule has 1 aromatic heterocycles. The van der Waals surface area contributed by atoms with Crippen LogP contribution in [-0.2, 0) is 4.74 Å². The largest absolute Gasteiger partial charge is 0.459 e. The number of carbonyl (C=O) groups is 1. The fourth-order valence-electron chi connectivity index (χ4n) is 3.78. The van der Waals surface area contributed by atoms with Crippen LogP contribution in [0.5, 0.6) is 0 Å². The Balaban J connectivity index is 1.62. The molecule has 1 aliphatic rings. The van der Waals surface area contributed by atoms with Gasteiger partial charge in [-0.05, 0) is 55.0 Å². The van der Waals surface area contributed by atoms with Gasteiger partial charge >= 0.3 is 11.6 Å². The summed E-state index contributed by atoms with van der Waals surface area (Å²) < 4.78 is 11.1. The first kappa shape index (κ1) is 17.5. The number of carbonyl (C=O) groups excluding carboxylic acids is 1. The van der Waals surface area contributed by atoms with Gasteiger partial charge in [0.25, 0.3) is 0 Å². The highest BCUT2D eigenvalue weighted by Gasteiger charge is 2.23. The molecule has 0 bridgehead atoms. The van der Waals surface area contributed by atoms with E-state index in [0.29, 0.717) is 28.2 Å². The second-order valence-corrected chi connectivity index (χ2v) is 7.37. The smallest absolute Gasteiger partial charge is 0.344 e. The maximum atomic E-state index is 12.6. The van der Waals surface area contributed by atoms with Crippen LogP contribution in [0, 0.1) is 5.92 Å². The average molecular weight is 362 g/mol. The van der Waals surface area contributed by atoms with E-state index in [0.717, 1.165) is 24.6 Å². The third kappa shape index (κ3) is 3.80. The lowest BCUT2D eigenvalue weighted by Gasteiger charge is -2.26. The van der Waals surface area contributed by atoms with Gasteiger partial charge in [-0.15, -0.1) is 0 Å². The van der Waals surface area contributed by atoms with Crippen LogP contribution in [0.3, 0.4) is 0 Å². The van der Waals surface area contributed by atoms with Crippen LogP contribution in [0.1, 0.15) is 43.0 Å². The fraction of sp³-hybridized carbons (Fsp3) is 0.304. The van der Waals surface area contributed by atoms with E-state index in [1.165, 1.54) is 6.42 Å². The Bertz CT molecular complexity index is 1030. The number of para-hydroxylation sites is 1. The van der Waals surface area contributed by atoms with Crippen LogP contribution in [0.2, 0.25) is 0 Å². The van der Waals surface area contributed by atoms with Gasteiger partial charge in [0.05, 0.1) is 11.1 Å². The Morgan fingerprint density at radius 3 is 2.78 bits per heavy atom. The highest BCUT2D eigenvalue weighted by molar-refractivity contribution is 5.91. The third-order valence-electron chi connectivity index (χ3n) is 5.21. The van der Waals surface area contributed by atoms with Crippen molar-refractivity contribution in [3.05, 3.63) is 70.6 Å². The van der Waals surface area contributed by atoms with Crippen molar-refractivity contribution in [2.45, 2.75) is 38.7 Å². The molecule has 3 aromatic rings. The molecule has 1 fully saturated rings. The van der Waals surface area contributed by atoms with E-state index in [-0.39, 0.29) is 12.1 Å². The summed E-state index contributed by atoms with van der Waals surface area (Å²) in [5, 5.41) is 0.844. The van der Waals surface area contributed by atoms with Gasteiger partial charge in [-0.1, -0.05) is 43.7 Å². The molecule has 1 saturated carbocycles. The van der Waals surface area contributed by atoms with Crippen molar-refractivity contribution in [1.29, 1.82) is 0 Å². The molecule has 2 atom stereocenters. The number of hydrogen-bond acceptors (Lipinski definition) is 4. The molecular formula is C23H22O4. The Labute approximate surface area is 157 Å². The minimum absolute atomic E-state index is 0.0179. The van der Waals surface area contributed by atoms with Crippen LogP contribution in [0.25, 0.3) is 22.1 Å². The zero-order valence-electron chi connectivity index (χ0n) is 15.3. The van der Waals surface area contributed by atoms with E-state index in [4.69, 9.17) is 9.15 Å². The van der Waals surface area contributed by atoms with Crippen LogP contribution in [0.4, 0.5) is 0 Å². The van der Waals surface area contributed by atoms with Gasteiger partial charge in [-0.3, -0.25) is 0 Å². The first-order valence-corrected chi connectivity index (χ1v) is 9.44. The molecule has 2 aromatic carbocycles. The Morgan fingerprint density at radius 1 is 1.07 bits per heavy atom. The van der Waals surface area contributed by atoms with Crippen LogP contribution >= 0.6 is 0 Å². The first-order chi connectivity index (χ1) is 13.1. The summed E-state index contributed by atoms with van der Waals surface area (Å²) in [4.78, 5) is 25.0. The zero-order chi connectivity index (χ0) is 18.8. The third-order valence-corrected chi connectivity index (χ3v) is 5.21. The lowest BCUT2D eigenvalue weighted by atomic mass is 9.89. The molecule has 0 saturated heterocycles. The Hall–Kier alpha value is -2.88. The summed E-state index contributed by atoms with van der Waals surface area (Å²) in [7, 11) is 0. The normalized spacial score (nSPS) is 19.7. The molecule has 138 valence electrons. The fourth-order valence-corrected chi connectivity index (χ4v) is 3.78. The van der Waals surface area contributed by atoms with E-state index in [2.05, 4.69) is 6.92 Å². The van der Waals surface area contributed by atoms with E-state index >= 15 is 0 Å². The zero-order valence-corrected chi connectivity index (χ0v) is 15.3. The molecule has 0 amide bonds. The van der Waals surface area contributed by atoms with Crippen LogP contribution < -0.4 is 5.63 Å². The molecule has 4 nitrogen and oxygen atoms in total. The molecule has 0 spiro atoms. The Kier molecular flexibility index (Phi) is 4.80. The monoisotopic (exact) mass is 362 g/mol. The SMILES string of the molecule is C[C@H]1CCC[C@@H](OC(=O)c2cccc(-c3cc4ccccc4oc3=O)c2)C1. The lowest BCUT2D eigenvalue weighted by molar-refractivity contribution is 0.0155. The Morgan fingerprint density at radius 2 is 1.93 bits per heavy atom. The highest BCUT2D eigenvalue weighted by Crippen LogP contribution is 2.27. The predicted octanol–water partition coefficient (Wildman–Crippen LogP) is 5.20. The molecule has 4 heteroatoms. The summed E-state index contributed by atoms with van der Waals surface area (Å²) in [5.74, 6) is 0.256. The molecule has 1 heterocycles. The quantitative estimate of drug-likeness (QED) is 0.475. The van der Waals surface area contributed by atoms with Crippen LogP contribution in [0.15, 0.2) is 63.8 Å². The molecule has 0 radical (unpaired) electrons. The predicted molar refractivity (Wildman–Crippen MR) is 105 cm³/mol. The van der Waals surface area contributed by atoms with E-state index in [9.17, 15) is 9.59 Å². The lowest BCUT2D eigenvalue weighted by Crippen LogP contribution is -2.24. The van der Waals surface area contributed by atoms with Crippen molar-refractivity contribution in [3.63, 3.8) is 0 Å². The second kappa shape index (κ2) is 7.39. The molecular weight excluding hydrogens is 340 g/mol. The number of esters is 1. The van der Waals surface area contributed by atoms with Crippen molar-refractivity contribution in [3.8, 4) is 11.1 Å². The number of fused-ring (bicyclic) bond motifs is 1. The van der Waals surface area contributed by atoms with Gasteiger partial charge in [-0.25, -0.2) is 9.59 Å². The number of benzene rings is 2. The van der Waals surface area contributed by atoms with Crippen molar-refractivity contribution in [1.82, 2.24) is 0 Å². The number of ether oxygens (including phenoxy) is 1. The minimum Gasteiger partial charge on any atom is -0.459 e. The standard InChI is InChI=1S/C23H22O4/c1-15-6-4-10-19(12-15)26-22(24)18-9-5-8-16(13-18)20-14-17-7-2-3-11-21(17)27-23(20)25/h2-3,5,7-9,11,13-15,19H,4,6,10,12H2,1H3/t15-,19+/m0/s1. The number of hydrogen-bond donors (Lipinski definition) is 0. The summed E-state index contributed by atoms with van der Waals surface area (Å²) in [5.41, 5.74) is 1.68. The first-order valence-electron chi connectivity index (χ1n) is 9.44. The van der Waals surface area contributed by atoms with Gasteiger partial charge < -0.3 is 9.15 Å². The maximum Gasteiger partial charge on any atom is 0.344 e. The van der Waals surface area contributed by atoms with Crippen molar-refractivity contribution >= 4 is 16.9 Å². The van der Waals surface area contributed by atoms with Crippen LogP contribution in [-0.4, -0.2) is 12.1 Å². The van der Waals surface area contributed by atoms with Gasteiger partial charge in [0.2, 0.25) is 0 Å².